The highest BCUT2D eigenvalue weighted by molar-refractivity contribution is 6.39. The Kier molecular flexibility index (Phi) is 4.17. The quantitative estimate of drug-likeness (QED) is 0.831. The fraction of sp³-hybridized carbons (Fsp3) is 0.214. The molecule has 24 heavy (non-hydrogen) atoms. The Morgan fingerprint density at radius 1 is 1.29 bits per heavy atom. The fourth-order valence-corrected chi connectivity index (χ4v) is 2.14. The summed E-state index contributed by atoms with van der Waals surface area (Å²) in [5.41, 5.74) is 2.89. The number of benzene rings is 1. The zero-order chi connectivity index (χ0) is 17.3. The largest absolute Gasteiger partial charge is 0.460 e. The molecule has 0 saturated carbocycles. The van der Waals surface area contributed by atoms with E-state index in [4.69, 9.17) is 16.3 Å². The molecule has 0 atom stereocenters. The number of fused-ring (bicyclic) bond motifs is 1. The minimum Gasteiger partial charge on any atom is -0.460 e. The first-order valence-electron chi connectivity index (χ1n) is 7.06. The van der Waals surface area contributed by atoms with Crippen LogP contribution in [0.5, 0.6) is 0 Å². The van der Waals surface area contributed by atoms with E-state index in [2.05, 4.69) is 20.7 Å². The van der Waals surface area contributed by atoms with Crippen molar-refractivity contribution in [3.63, 3.8) is 0 Å². The average Bonchev–Trinajstić information content (AvgIpc) is 2.58. The van der Waals surface area contributed by atoms with Crippen molar-refractivity contribution in [1.29, 1.82) is 0 Å². The van der Waals surface area contributed by atoms with Crippen LogP contribution >= 0.6 is 11.6 Å². The first-order valence-corrected chi connectivity index (χ1v) is 7.44. The van der Waals surface area contributed by atoms with E-state index in [1.165, 1.54) is 11.9 Å². The van der Waals surface area contributed by atoms with Crippen LogP contribution in [0.4, 0.5) is 11.6 Å². The summed E-state index contributed by atoms with van der Waals surface area (Å²) in [5, 5.41) is 13.8. The predicted octanol–water partition coefficient (Wildman–Crippen LogP) is 1.17. The lowest BCUT2D eigenvalue weighted by Gasteiger charge is -2.26. The highest BCUT2D eigenvalue weighted by atomic mass is 35.5. The fourth-order valence-electron chi connectivity index (χ4n) is 2.01. The van der Waals surface area contributed by atoms with Crippen molar-refractivity contribution in [3.05, 3.63) is 45.3 Å². The number of nitrogens with zero attached hydrogens (tertiary/aromatic N) is 5. The number of anilines is 2. The van der Waals surface area contributed by atoms with Crippen LogP contribution in [-0.4, -0.2) is 33.3 Å². The molecule has 0 bridgehead atoms. The van der Waals surface area contributed by atoms with Crippen LogP contribution in [0.3, 0.4) is 0 Å². The molecule has 0 unspecified atom stereocenters. The number of hydrazone groups is 1. The molecular formula is C14H13ClN6O3. The van der Waals surface area contributed by atoms with Crippen LogP contribution in [0.25, 0.3) is 0 Å². The molecule has 0 saturated heterocycles. The molecule has 0 fully saturated rings. The van der Waals surface area contributed by atoms with Crippen molar-refractivity contribution in [1.82, 2.24) is 14.9 Å². The van der Waals surface area contributed by atoms with Gasteiger partial charge in [-0.1, -0.05) is 11.6 Å². The van der Waals surface area contributed by atoms with Gasteiger partial charge < -0.3 is 4.74 Å². The first kappa shape index (κ1) is 15.9. The molecule has 124 valence electrons. The third-order valence-corrected chi connectivity index (χ3v) is 3.40. The number of halogens is 1. The number of hydrogen-bond acceptors (Lipinski definition) is 8. The molecule has 0 aliphatic carbocycles. The van der Waals surface area contributed by atoms with Crippen molar-refractivity contribution in [2.75, 3.05) is 17.0 Å². The van der Waals surface area contributed by atoms with Gasteiger partial charge in [0.1, 0.15) is 5.69 Å². The Balaban J connectivity index is 2.14. The number of aryl methyl sites for hydroxylation is 1. The summed E-state index contributed by atoms with van der Waals surface area (Å²) in [7, 11) is 0. The van der Waals surface area contributed by atoms with E-state index < -0.39 is 11.5 Å². The van der Waals surface area contributed by atoms with E-state index in [-0.39, 0.29) is 24.1 Å². The van der Waals surface area contributed by atoms with Crippen molar-refractivity contribution in [3.8, 4) is 0 Å². The number of ether oxygens (including phenoxy) is 1. The average molecular weight is 349 g/mol. The summed E-state index contributed by atoms with van der Waals surface area (Å²) in [5.74, 6) is -0.724. The minimum atomic E-state index is -0.691. The van der Waals surface area contributed by atoms with Crippen LogP contribution in [0.1, 0.15) is 12.6 Å². The third-order valence-electron chi connectivity index (χ3n) is 3.15. The molecule has 0 spiro atoms. The molecular weight excluding hydrogens is 336 g/mol. The topological polar surface area (TPSA) is 102 Å². The van der Waals surface area contributed by atoms with E-state index in [1.807, 2.05) is 0 Å². The van der Waals surface area contributed by atoms with E-state index in [9.17, 15) is 9.59 Å². The standard InChI is InChI=1S/C14H13ClN6O3/c1-3-24-13(23)11-18-20(10-6-4-9(15)5-7-10)14-17-16-8(2)12(22)21(14)19-11/h4-7H,3H2,1-2H3,(H,18,19). The molecule has 1 aliphatic rings. The maximum Gasteiger partial charge on any atom is 0.377 e. The number of rotatable bonds is 3. The lowest BCUT2D eigenvalue weighted by atomic mass is 10.3. The molecule has 1 aromatic heterocycles. The highest BCUT2D eigenvalue weighted by Gasteiger charge is 2.28. The molecule has 2 aromatic rings. The van der Waals surface area contributed by atoms with Crippen LogP contribution < -0.4 is 16.0 Å². The normalized spacial score (nSPS) is 13.0. The zero-order valence-corrected chi connectivity index (χ0v) is 13.6. The molecule has 1 aliphatic heterocycles. The van der Waals surface area contributed by atoms with Crippen molar-refractivity contribution in [2.45, 2.75) is 13.8 Å². The van der Waals surface area contributed by atoms with Gasteiger partial charge in [-0.05, 0) is 38.1 Å². The number of nitrogens with one attached hydrogen (secondary N) is 1. The number of hydrogen-bond donors (Lipinski definition) is 1. The van der Waals surface area contributed by atoms with Gasteiger partial charge in [0.2, 0.25) is 0 Å². The lowest BCUT2D eigenvalue weighted by molar-refractivity contribution is -0.135. The van der Waals surface area contributed by atoms with Gasteiger partial charge in [-0.25, -0.2) is 4.79 Å². The molecule has 10 heteroatoms. The Morgan fingerprint density at radius 3 is 2.67 bits per heavy atom. The molecule has 1 aromatic carbocycles. The van der Waals surface area contributed by atoms with Gasteiger partial charge in [0.15, 0.2) is 0 Å². The Morgan fingerprint density at radius 2 is 2.00 bits per heavy atom. The number of carbonyl (C=O) groups excluding carboxylic acids is 1. The number of carbonyl (C=O) groups is 1. The van der Waals surface area contributed by atoms with Gasteiger partial charge >= 0.3 is 5.97 Å². The second-order valence-corrected chi connectivity index (χ2v) is 5.23. The third kappa shape index (κ3) is 2.81. The smallest absolute Gasteiger partial charge is 0.377 e. The van der Waals surface area contributed by atoms with E-state index in [0.29, 0.717) is 10.7 Å². The summed E-state index contributed by atoms with van der Waals surface area (Å²) >= 11 is 5.89. The van der Waals surface area contributed by atoms with Crippen molar-refractivity contribution in [2.24, 2.45) is 5.10 Å². The second kappa shape index (κ2) is 6.28. The summed E-state index contributed by atoms with van der Waals surface area (Å²) in [4.78, 5) is 24.3. The van der Waals surface area contributed by atoms with Crippen molar-refractivity contribution < 1.29 is 9.53 Å². The summed E-state index contributed by atoms with van der Waals surface area (Å²) in [6, 6.07) is 6.66. The first-order chi connectivity index (χ1) is 11.5. The van der Waals surface area contributed by atoms with Crippen LogP contribution in [0, 0.1) is 6.92 Å². The second-order valence-electron chi connectivity index (χ2n) is 4.80. The Hall–Kier alpha value is -2.94. The molecule has 0 radical (unpaired) electrons. The molecule has 0 amide bonds. The molecule has 1 N–H and O–H groups in total. The monoisotopic (exact) mass is 348 g/mol. The van der Waals surface area contributed by atoms with Gasteiger partial charge in [-0.2, -0.15) is 9.69 Å². The number of amidine groups is 1. The lowest BCUT2D eigenvalue weighted by Crippen LogP contribution is -2.46. The summed E-state index contributed by atoms with van der Waals surface area (Å²) < 4.78 is 6.03. The highest BCUT2D eigenvalue weighted by Crippen LogP contribution is 2.26. The van der Waals surface area contributed by atoms with Crippen LogP contribution in [0.2, 0.25) is 5.02 Å². The number of aromatic nitrogens is 3. The van der Waals surface area contributed by atoms with Gasteiger partial charge in [0.05, 0.1) is 12.3 Å². The van der Waals surface area contributed by atoms with E-state index in [1.54, 1.807) is 31.2 Å². The van der Waals surface area contributed by atoms with Crippen LogP contribution in [-0.2, 0) is 9.53 Å². The number of esters is 1. The summed E-state index contributed by atoms with van der Waals surface area (Å²) in [6.07, 6.45) is 0. The molecule has 3 rings (SSSR count). The Labute approximate surface area is 141 Å². The molecule has 9 nitrogen and oxygen atoms in total. The van der Waals surface area contributed by atoms with E-state index >= 15 is 0 Å². The SMILES string of the molecule is CCOC(=O)C1=NN(c2ccc(Cl)cc2)c2nnc(C)c(=O)n2N1. The van der Waals surface area contributed by atoms with Crippen LogP contribution in [0.15, 0.2) is 34.2 Å². The molecule has 2 heterocycles. The maximum absolute atomic E-state index is 12.3. The van der Waals surface area contributed by atoms with E-state index in [0.717, 1.165) is 4.68 Å². The Bertz CT molecular complexity index is 877. The minimum absolute atomic E-state index is 0.112. The van der Waals surface area contributed by atoms with Crippen molar-refractivity contribution >= 4 is 35.0 Å². The maximum atomic E-state index is 12.3. The predicted molar refractivity (Wildman–Crippen MR) is 88.0 cm³/mol. The van der Waals surface area contributed by atoms with Gasteiger partial charge in [-0.3, -0.25) is 10.2 Å². The van der Waals surface area contributed by atoms with Gasteiger partial charge in [0.25, 0.3) is 17.3 Å². The van der Waals surface area contributed by atoms with Gasteiger partial charge in [-0.15, -0.1) is 15.3 Å². The summed E-state index contributed by atoms with van der Waals surface area (Å²) in [6.45, 7) is 3.37. The zero-order valence-electron chi connectivity index (χ0n) is 12.9. The van der Waals surface area contributed by atoms with Gasteiger partial charge in [0, 0.05) is 5.02 Å².